The van der Waals surface area contributed by atoms with Crippen LogP contribution in [0.1, 0.15) is 26.2 Å². The third-order valence-electron chi connectivity index (χ3n) is 2.36. The van der Waals surface area contributed by atoms with Crippen LogP contribution in [0, 0.1) is 0 Å². The van der Waals surface area contributed by atoms with Crippen molar-refractivity contribution in [3.63, 3.8) is 0 Å². The van der Waals surface area contributed by atoms with E-state index in [9.17, 15) is 13.2 Å². The van der Waals surface area contributed by atoms with Crippen molar-refractivity contribution in [2.75, 3.05) is 25.6 Å². The molecule has 0 amide bonds. The number of methoxy groups -OCH3 is 1. The number of alkyl halides is 3. The van der Waals surface area contributed by atoms with E-state index in [-0.39, 0.29) is 18.9 Å². The standard InChI is InChI=1S/C12H18F3N3O2/c1-3-6-16-10-9(19-2)11(18-8-17-10)20-7-4-5-12(13,14)15/h8H,3-7H2,1-2H3,(H,16,17,18). The summed E-state index contributed by atoms with van der Waals surface area (Å²) in [7, 11) is 1.43. The Morgan fingerprint density at radius 3 is 2.65 bits per heavy atom. The van der Waals surface area contributed by atoms with Gasteiger partial charge in [0.05, 0.1) is 13.7 Å². The number of rotatable bonds is 8. The van der Waals surface area contributed by atoms with Crippen LogP contribution in [0.25, 0.3) is 0 Å². The number of nitrogens with zero attached hydrogens (tertiary/aromatic N) is 2. The van der Waals surface area contributed by atoms with Crippen LogP contribution in [0.3, 0.4) is 0 Å². The zero-order valence-corrected chi connectivity index (χ0v) is 11.5. The van der Waals surface area contributed by atoms with Crippen LogP contribution < -0.4 is 14.8 Å². The van der Waals surface area contributed by atoms with Crippen LogP contribution in [-0.2, 0) is 0 Å². The predicted molar refractivity (Wildman–Crippen MR) is 68.1 cm³/mol. The molecule has 1 N–H and O–H groups in total. The summed E-state index contributed by atoms with van der Waals surface area (Å²) in [5, 5.41) is 3.03. The van der Waals surface area contributed by atoms with E-state index in [1.165, 1.54) is 13.4 Å². The minimum Gasteiger partial charge on any atom is -0.489 e. The van der Waals surface area contributed by atoms with E-state index in [0.29, 0.717) is 18.1 Å². The first-order valence-electron chi connectivity index (χ1n) is 6.30. The topological polar surface area (TPSA) is 56.3 Å². The molecule has 1 rings (SSSR count). The molecule has 1 heterocycles. The molecule has 1 aromatic heterocycles. The number of hydrogen-bond acceptors (Lipinski definition) is 5. The Labute approximate surface area is 115 Å². The minimum absolute atomic E-state index is 0.0832. The molecule has 0 aromatic carbocycles. The lowest BCUT2D eigenvalue weighted by molar-refractivity contribution is -0.136. The van der Waals surface area contributed by atoms with Crippen molar-refractivity contribution in [2.24, 2.45) is 0 Å². The third-order valence-corrected chi connectivity index (χ3v) is 2.36. The van der Waals surface area contributed by atoms with Crippen molar-refractivity contribution in [2.45, 2.75) is 32.4 Å². The lowest BCUT2D eigenvalue weighted by Gasteiger charge is -2.13. The van der Waals surface area contributed by atoms with E-state index in [2.05, 4.69) is 15.3 Å². The average Bonchev–Trinajstić information content (AvgIpc) is 2.40. The molecule has 114 valence electrons. The molecule has 0 unspecified atom stereocenters. The molecule has 0 radical (unpaired) electrons. The normalized spacial score (nSPS) is 11.2. The highest BCUT2D eigenvalue weighted by molar-refractivity contribution is 5.54. The fourth-order valence-corrected chi connectivity index (χ4v) is 1.46. The van der Waals surface area contributed by atoms with Crippen LogP contribution in [0.5, 0.6) is 11.6 Å². The summed E-state index contributed by atoms with van der Waals surface area (Å²) < 4.78 is 46.4. The quantitative estimate of drug-likeness (QED) is 0.747. The molecule has 1 aromatic rings. The smallest absolute Gasteiger partial charge is 0.389 e. The molecule has 5 nitrogen and oxygen atoms in total. The van der Waals surface area contributed by atoms with Gasteiger partial charge in [-0.1, -0.05) is 6.92 Å². The van der Waals surface area contributed by atoms with Crippen molar-refractivity contribution in [1.82, 2.24) is 9.97 Å². The van der Waals surface area contributed by atoms with E-state index in [1.807, 2.05) is 6.92 Å². The lowest BCUT2D eigenvalue weighted by Crippen LogP contribution is -2.11. The van der Waals surface area contributed by atoms with Gasteiger partial charge in [0.2, 0.25) is 5.75 Å². The largest absolute Gasteiger partial charge is 0.489 e. The number of halogens is 3. The second-order valence-corrected chi connectivity index (χ2v) is 4.05. The number of aromatic nitrogens is 2. The van der Waals surface area contributed by atoms with E-state index < -0.39 is 12.6 Å². The van der Waals surface area contributed by atoms with Crippen LogP contribution in [0.4, 0.5) is 19.0 Å². The molecule has 0 aliphatic rings. The Kier molecular flexibility index (Phi) is 6.33. The first kappa shape index (κ1) is 16.3. The Morgan fingerprint density at radius 2 is 2.05 bits per heavy atom. The Bertz CT molecular complexity index is 413. The van der Waals surface area contributed by atoms with Gasteiger partial charge in [0.1, 0.15) is 6.33 Å². The van der Waals surface area contributed by atoms with Crippen LogP contribution in [0.2, 0.25) is 0 Å². The molecule has 0 aliphatic heterocycles. The number of anilines is 1. The first-order chi connectivity index (χ1) is 9.48. The van der Waals surface area contributed by atoms with Gasteiger partial charge >= 0.3 is 6.18 Å². The monoisotopic (exact) mass is 293 g/mol. The SMILES string of the molecule is CCCNc1ncnc(OCCCC(F)(F)F)c1OC. The van der Waals surface area contributed by atoms with Gasteiger partial charge in [0.15, 0.2) is 5.82 Å². The average molecular weight is 293 g/mol. The van der Waals surface area contributed by atoms with Gasteiger partial charge in [0.25, 0.3) is 5.88 Å². The Balaban J connectivity index is 2.60. The summed E-state index contributed by atoms with van der Waals surface area (Å²) in [6.07, 6.45) is -3.02. The molecule has 0 fully saturated rings. The first-order valence-corrected chi connectivity index (χ1v) is 6.30. The van der Waals surface area contributed by atoms with Gasteiger partial charge in [0, 0.05) is 13.0 Å². The van der Waals surface area contributed by atoms with Crippen LogP contribution in [0.15, 0.2) is 6.33 Å². The van der Waals surface area contributed by atoms with Crippen molar-refractivity contribution in [1.29, 1.82) is 0 Å². The molecule has 0 atom stereocenters. The van der Waals surface area contributed by atoms with E-state index >= 15 is 0 Å². The number of ether oxygens (including phenoxy) is 2. The summed E-state index contributed by atoms with van der Waals surface area (Å²) in [5.74, 6) is 0.909. The van der Waals surface area contributed by atoms with Gasteiger partial charge in [-0.2, -0.15) is 18.2 Å². The summed E-state index contributed by atoms with van der Waals surface area (Å²) in [4.78, 5) is 7.88. The second kappa shape index (κ2) is 7.76. The van der Waals surface area contributed by atoms with Gasteiger partial charge < -0.3 is 14.8 Å². The third kappa shape index (κ3) is 5.50. The molecule has 8 heteroatoms. The summed E-state index contributed by atoms with van der Waals surface area (Å²) in [6, 6.07) is 0. The van der Waals surface area contributed by atoms with Gasteiger partial charge in [-0.15, -0.1) is 0 Å². The Hall–Kier alpha value is -1.73. The van der Waals surface area contributed by atoms with Crippen molar-refractivity contribution < 1.29 is 22.6 Å². The summed E-state index contributed by atoms with van der Waals surface area (Å²) >= 11 is 0. The summed E-state index contributed by atoms with van der Waals surface area (Å²) in [5.41, 5.74) is 0. The number of hydrogen-bond donors (Lipinski definition) is 1. The second-order valence-electron chi connectivity index (χ2n) is 4.05. The van der Waals surface area contributed by atoms with Crippen molar-refractivity contribution in [3.05, 3.63) is 6.33 Å². The van der Waals surface area contributed by atoms with Crippen molar-refractivity contribution in [3.8, 4) is 11.6 Å². The molecule has 0 spiro atoms. The molecule has 0 bridgehead atoms. The highest BCUT2D eigenvalue weighted by Crippen LogP contribution is 2.31. The number of nitrogens with one attached hydrogen (secondary N) is 1. The maximum Gasteiger partial charge on any atom is 0.389 e. The highest BCUT2D eigenvalue weighted by atomic mass is 19.4. The van der Waals surface area contributed by atoms with E-state index in [4.69, 9.17) is 9.47 Å². The van der Waals surface area contributed by atoms with Gasteiger partial charge in [-0.25, -0.2) is 4.98 Å². The molecule has 0 aliphatic carbocycles. The van der Waals surface area contributed by atoms with E-state index in [1.54, 1.807) is 0 Å². The van der Waals surface area contributed by atoms with Crippen LogP contribution >= 0.6 is 0 Å². The molecule has 20 heavy (non-hydrogen) atoms. The molecular weight excluding hydrogens is 275 g/mol. The lowest BCUT2D eigenvalue weighted by atomic mass is 10.3. The zero-order valence-electron chi connectivity index (χ0n) is 11.5. The van der Waals surface area contributed by atoms with Gasteiger partial charge in [-0.05, 0) is 12.8 Å². The van der Waals surface area contributed by atoms with Crippen molar-refractivity contribution >= 4 is 5.82 Å². The molecular formula is C12H18F3N3O2. The molecule has 0 saturated carbocycles. The van der Waals surface area contributed by atoms with E-state index in [0.717, 1.165) is 6.42 Å². The van der Waals surface area contributed by atoms with Gasteiger partial charge in [-0.3, -0.25) is 0 Å². The minimum atomic E-state index is -4.17. The highest BCUT2D eigenvalue weighted by Gasteiger charge is 2.26. The molecule has 0 saturated heterocycles. The zero-order chi connectivity index (χ0) is 15.0. The predicted octanol–water partition coefficient (Wildman–Crippen LogP) is 3.03. The maximum absolute atomic E-state index is 12.0. The fraction of sp³-hybridized carbons (Fsp3) is 0.667. The maximum atomic E-state index is 12.0. The Morgan fingerprint density at radius 1 is 1.30 bits per heavy atom. The van der Waals surface area contributed by atoms with Crippen LogP contribution in [-0.4, -0.2) is 36.4 Å². The summed E-state index contributed by atoms with van der Waals surface area (Å²) in [6.45, 7) is 2.61. The fourth-order valence-electron chi connectivity index (χ4n) is 1.46.